The van der Waals surface area contributed by atoms with Crippen molar-refractivity contribution < 1.29 is 18.7 Å². The average molecular weight is 327 g/mol. The van der Waals surface area contributed by atoms with Crippen LogP contribution in [-0.2, 0) is 22.5 Å². The highest BCUT2D eigenvalue weighted by atomic mass is 16.5. The number of aryl methyl sites for hydroxylation is 2. The van der Waals surface area contributed by atoms with Crippen molar-refractivity contribution in [3.8, 4) is 0 Å². The van der Waals surface area contributed by atoms with Crippen LogP contribution in [0.5, 0.6) is 0 Å². The molecule has 1 aliphatic rings. The maximum Gasteiger partial charge on any atom is 0.342 e. The summed E-state index contributed by atoms with van der Waals surface area (Å²) in [6, 6.07) is 9.73. The van der Waals surface area contributed by atoms with Crippen molar-refractivity contribution in [3.05, 3.63) is 58.5 Å². The summed E-state index contributed by atoms with van der Waals surface area (Å²) in [5.41, 5.74) is 2.80. The van der Waals surface area contributed by atoms with Crippen molar-refractivity contribution >= 4 is 11.9 Å². The van der Waals surface area contributed by atoms with Crippen LogP contribution in [0.2, 0.25) is 0 Å². The molecule has 126 valence electrons. The number of nitrogens with zero attached hydrogens (tertiary/aromatic N) is 1. The molecule has 1 amide bonds. The molecule has 2 heterocycles. The molecule has 1 atom stereocenters. The Labute approximate surface area is 141 Å². The monoisotopic (exact) mass is 327 g/mol. The van der Waals surface area contributed by atoms with Crippen LogP contribution in [0, 0.1) is 13.8 Å². The van der Waals surface area contributed by atoms with Gasteiger partial charge in [-0.3, -0.25) is 4.79 Å². The van der Waals surface area contributed by atoms with E-state index in [-0.39, 0.29) is 5.91 Å². The SMILES string of the molecule is Cc1cc(C(=O)O[C@@H](C)C(=O)N2CCc3ccccc3C2)c(C)o1. The summed E-state index contributed by atoms with van der Waals surface area (Å²) in [6.07, 6.45) is 0.000156. The van der Waals surface area contributed by atoms with Crippen LogP contribution >= 0.6 is 0 Å². The maximum absolute atomic E-state index is 12.6. The zero-order valence-corrected chi connectivity index (χ0v) is 14.2. The molecule has 0 fully saturated rings. The van der Waals surface area contributed by atoms with Crippen LogP contribution in [0.25, 0.3) is 0 Å². The van der Waals surface area contributed by atoms with Crippen molar-refractivity contribution in [2.45, 2.75) is 39.8 Å². The minimum Gasteiger partial charge on any atom is -0.466 e. The lowest BCUT2D eigenvalue weighted by Crippen LogP contribution is -2.42. The Morgan fingerprint density at radius 2 is 1.92 bits per heavy atom. The van der Waals surface area contributed by atoms with E-state index in [9.17, 15) is 9.59 Å². The first-order valence-corrected chi connectivity index (χ1v) is 8.09. The lowest BCUT2D eigenvalue weighted by molar-refractivity contribution is -0.140. The molecule has 3 rings (SSSR count). The van der Waals surface area contributed by atoms with E-state index >= 15 is 0 Å². The topological polar surface area (TPSA) is 59.8 Å². The molecule has 0 unspecified atom stereocenters. The molecule has 5 nitrogen and oxygen atoms in total. The summed E-state index contributed by atoms with van der Waals surface area (Å²) >= 11 is 0. The van der Waals surface area contributed by atoms with Crippen LogP contribution in [0.15, 0.2) is 34.7 Å². The van der Waals surface area contributed by atoms with Crippen LogP contribution in [0.1, 0.15) is 39.9 Å². The van der Waals surface area contributed by atoms with Gasteiger partial charge in [0, 0.05) is 13.1 Å². The third-order valence-corrected chi connectivity index (χ3v) is 4.33. The number of ether oxygens (including phenoxy) is 1. The molecular formula is C19H21NO4. The predicted molar refractivity (Wildman–Crippen MR) is 88.6 cm³/mol. The Morgan fingerprint density at radius 3 is 2.58 bits per heavy atom. The first kappa shape index (κ1) is 16.3. The fourth-order valence-electron chi connectivity index (χ4n) is 3.05. The Balaban J connectivity index is 1.65. The van der Waals surface area contributed by atoms with E-state index in [2.05, 4.69) is 6.07 Å². The van der Waals surface area contributed by atoms with E-state index in [1.807, 2.05) is 18.2 Å². The van der Waals surface area contributed by atoms with Gasteiger partial charge in [-0.2, -0.15) is 0 Å². The van der Waals surface area contributed by atoms with E-state index in [4.69, 9.17) is 9.15 Å². The van der Waals surface area contributed by atoms with E-state index in [0.717, 1.165) is 12.0 Å². The number of rotatable bonds is 3. The van der Waals surface area contributed by atoms with Crippen molar-refractivity contribution in [3.63, 3.8) is 0 Å². The molecule has 0 saturated carbocycles. The normalized spacial score (nSPS) is 14.9. The van der Waals surface area contributed by atoms with E-state index < -0.39 is 12.1 Å². The van der Waals surface area contributed by atoms with Gasteiger partial charge in [-0.15, -0.1) is 0 Å². The molecule has 24 heavy (non-hydrogen) atoms. The largest absolute Gasteiger partial charge is 0.466 e. The zero-order valence-electron chi connectivity index (χ0n) is 14.2. The Kier molecular flexibility index (Phi) is 4.42. The number of esters is 1. The number of benzene rings is 1. The van der Waals surface area contributed by atoms with Crippen LogP contribution in [0.3, 0.4) is 0 Å². The van der Waals surface area contributed by atoms with E-state index in [1.54, 1.807) is 31.7 Å². The number of carbonyl (C=O) groups is 2. The summed E-state index contributed by atoms with van der Waals surface area (Å²) in [6.45, 7) is 6.28. The molecular weight excluding hydrogens is 306 g/mol. The van der Waals surface area contributed by atoms with Gasteiger partial charge in [0.15, 0.2) is 6.10 Å². The Hall–Kier alpha value is -2.56. The predicted octanol–water partition coefficient (Wildman–Crippen LogP) is 3.03. The van der Waals surface area contributed by atoms with E-state index in [1.165, 1.54) is 5.56 Å². The second kappa shape index (κ2) is 6.51. The van der Waals surface area contributed by atoms with Gasteiger partial charge in [-0.1, -0.05) is 24.3 Å². The van der Waals surface area contributed by atoms with Gasteiger partial charge in [0.25, 0.3) is 5.91 Å². The van der Waals surface area contributed by atoms with Gasteiger partial charge in [0.1, 0.15) is 17.1 Å². The zero-order chi connectivity index (χ0) is 17.3. The quantitative estimate of drug-likeness (QED) is 0.813. The number of furan rings is 1. The lowest BCUT2D eigenvalue weighted by atomic mass is 9.99. The van der Waals surface area contributed by atoms with Gasteiger partial charge in [-0.25, -0.2) is 4.79 Å². The van der Waals surface area contributed by atoms with Gasteiger partial charge < -0.3 is 14.1 Å². The summed E-state index contributed by atoms with van der Waals surface area (Å²) in [4.78, 5) is 26.6. The summed E-state index contributed by atoms with van der Waals surface area (Å²) in [7, 11) is 0. The summed E-state index contributed by atoms with van der Waals surface area (Å²) < 4.78 is 10.7. The minimum absolute atomic E-state index is 0.171. The average Bonchev–Trinajstić information content (AvgIpc) is 2.92. The Morgan fingerprint density at radius 1 is 1.21 bits per heavy atom. The molecule has 1 aromatic heterocycles. The molecule has 0 saturated heterocycles. The van der Waals surface area contributed by atoms with Gasteiger partial charge >= 0.3 is 5.97 Å². The smallest absolute Gasteiger partial charge is 0.342 e. The third-order valence-electron chi connectivity index (χ3n) is 4.33. The van der Waals surface area contributed by atoms with Crippen molar-refractivity contribution in [1.29, 1.82) is 0 Å². The highest BCUT2D eigenvalue weighted by Crippen LogP contribution is 2.20. The number of fused-ring (bicyclic) bond motifs is 1. The fourth-order valence-corrected chi connectivity index (χ4v) is 3.05. The number of hydrogen-bond acceptors (Lipinski definition) is 4. The molecule has 0 radical (unpaired) electrons. The minimum atomic E-state index is -0.822. The molecule has 1 aliphatic heterocycles. The fraction of sp³-hybridized carbons (Fsp3) is 0.368. The molecule has 0 bridgehead atoms. The van der Waals surface area contributed by atoms with Crippen molar-refractivity contribution in [1.82, 2.24) is 4.90 Å². The maximum atomic E-state index is 12.6. The highest BCUT2D eigenvalue weighted by molar-refractivity contribution is 5.93. The number of hydrogen-bond donors (Lipinski definition) is 0. The molecule has 5 heteroatoms. The summed E-state index contributed by atoms with van der Waals surface area (Å²) in [5.74, 6) is 0.452. The van der Waals surface area contributed by atoms with E-state index in [0.29, 0.717) is 30.2 Å². The standard InChI is InChI=1S/C19H21NO4/c1-12-10-17(13(2)23-12)19(22)24-14(3)18(21)20-9-8-15-6-4-5-7-16(15)11-20/h4-7,10,14H,8-9,11H2,1-3H3/t14-/m0/s1. The molecule has 0 N–H and O–H groups in total. The summed E-state index contributed by atoms with van der Waals surface area (Å²) in [5, 5.41) is 0. The first-order chi connectivity index (χ1) is 11.5. The van der Waals surface area contributed by atoms with Gasteiger partial charge in [0.2, 0.25) is 0 Å². The van der Waals surface area contributed by atoms with Gasteiger partial charge in [-0.05, 0) is 44.4 Å². The highest BCUT2D eigenvalue weighted by Gasteiger charge is 2.28. The number of carbonyl (C=O) groups excluding carboxylic acids is 2. The molecule has 0 aliphatic carbocycles. The third kappa shape index (κ3) is 3.20. The van der Waals surface area contributed by atoms with Gasteiger partial charge in [0.05, 0.1) is 0 Å². The van der Waals surface area contributed by atoms with Crippen LogP contribution in [-0.4, -0.2) is 29.4 Å². The molecule has 1 aromatic carbocycles. The van der Waals surface area contributed by atoms with Crippen molar-refractivity contribution in [2.24, 2.45) is 0 Å². The Bertz CT molecular complexity index is 777. The van der Waals surface area contributed by atoms with Crippen LogP contribution in [0.4, 0.5) is 0 Å². The van der Waals surface area contributed by atoms with Crippen molar-refractivity contribution in [2.75, 3.05) is 6.54 Å². The first-order valence-electron chi connectivity index (χ1n) is 8.09. The second-order valence-corrected chi connectivity index (χ2v) is 6.15. The molecule has 2 aromatic rings. The lowest BCUT2D eigenvalue weighted by Gasteiger charge is -2.30. The molecule has 0 spiro atoms. The second-order valence-electron chi connectivity index (χ2n) is 6.15. The number of amides is 1. The van der Waals surface area contributed by atoms with Crippen LogP contribution < -0.4 is 0 Å².